The van der Waals surface area contributed by atoms with E-state index in [0.29, 0.717) is 0 Å². The Morgan fingerprint density at radius 3 is 1.40 bits per heavy atom. The van der Waals surface area contributed by atoms with Crippen molar-refractivity contribution in [2.24, 2.45) is 0 Å². The molecule has 0 nitrogen and oxygen atoms in total. The van der Waals surface area contributed by atoms with Crippen molar-refractivity contribution in [1.29, 1.82) is 0 Å². The molecular weight excluding hydrogens is 126 g/mol. The molecule has 0 unspecified atom stereocenters. The van der Waals surface area contributed by atoms with Crippen molar-refractivity contribution in [3.63, 3.8) is 0 Å². The summed E-state index contributed by atoms with van der Waals surface area (Å²) in [6, 6.07) is 0. The second-order valence-electron chi connectivity index (χ2n) is 0. The van der Waals surface area contributed by atoms with E-state index in [0.717, 1.165) is 10.1 Å². The van der Waals surface area contributed by atoms with Crippen molar-refractivity contribution in [3.05, 3.63) is 0 Å². The van der Waals surface area contributed by atoms with Crippen LogP contribution in [0.2, 0.25) is 0 Å². The topological polar surface area (TPSA) is 0 Å². The third-order valence-electron chi connectivity index (χ3n) is 0. The maximum Gasteiger partial charge on any atom is 2.00 e. The summed E-state index contributed by atoms with van der Waals surface area (Å²) in [5, 5.41) is 0. The predicted molar refractivity (Wildman–Crippen MR) is 32.8 cm³/mol. The summed E-state index contributed by atoms with van der Waals surface area (Å²) >= 11 is 0. The third-order valence-corrected chi connectivity index (χ3v) is 0. The van der Waals surface area contributed by atoms with E-state index in [-0.39, 0.29) is 97.5 Å². The zero-order valence-corrected chi connectivity index (χ0v) is 11.6. The third kappa shape index (κ3) is 18.8. The van der Waals surface area contributed by atoms with Crippen molar-refractivity contribution in [3.8, 4) is 0 Å². The van der Waals surface area contributed by atoms with E-state index in [9.17, 15) is 0 Å². The average Bonchev–Trinajstić information content (AvgIpc) is 1.00. The molecular formula is H8BCaMgNaSi. The molecule has 0 saturated carbocycles. The van der Waals surface area contributed by atoms with Crippen LogP contribution in [0.3, 0.4) is 0 Å². The van der Waals surface area contributed by atoms with Gasteiger partial charge in [-0.2, -0.15) is 0 Å². The summed E-state index contributed by atoms with van der Waals surface area (Å²) in [5.74, 6) is 0. The van der Waals surface area contributed by atoms with Gasteiger partial charge in [-0.15, -0.1) is 0 Å². The van der Waals surface area contributed by atoms with Crippen LogP contribution in [0.5, 0.6) is 0 Å². The molecule has 0 heterocycles. The summed E-state index contributed by atoms with van der Waals surface area (Å²) in [6.07, 6.45) is 0. The molecule has 0 fully saturated rings. The molecule has 0 atom stereocenters. The fourth-order valence-corrected chi connectivity index (χ4v) is 0. The first-order valence-electron chi connectivity index (χ1n) is 0.577. The maximum atomic E-state index is 4.64. The van der Waals surface area contributed by atoms with E-state index >= 15 is 0 Å². The summed E-state index contributed by atoms with van der Waals surface area (Å²) in [7, 11) is 5.44. The Morgan fingerprint density at radius 1 is 1.40 bits per heavy atom. The van der Waals surface area contributed by atoms with Crippen molar-refractivity contribution in [1.82, 2.24) is 0 Å². The van der Waals surface area contributed by atoms with Crippen LogP contribution in [0.15, 0.2) is 0 Å². The molecule has 5 heavy (non-hydrogen) atoms. The molecule has 0 aliphatic rings. The molecule has 2 radical (unpaired) electrons. The Labute approximate surface area is 113 Å². The first-order valence-corrected chi connectivity index (χ1v) is 1.73. The van der Waals surface area contributed by atoms with Crippen LogP contribution in [-0.4, -0.2) is 78.3 Å². The van der Waals surface area contributed by atoms with E-state index in [1.807, 2.05) is 0 Å². The van der Waals surface area contributed by atoms with Gasteiger partial charge in [-0.05, 0) is 10.1 Å². The Kier molecular flexibility index (Phi) is 127. The molecule has 5 heteroatoms. The number of hydrogen-bond donors (Lipinski definition) is 0. The normalized spacial score (nSPS) is 1.60. The van der Waals surface area contributed by atoms with Gasteiger partial charge in [0.25, 0.3) is 0 Å². The van der Waals surface area contributed by atoms with Gasteiger partial charge in [-0.1, -0.05) is 0 Å². The number of rotatable bonds is 0. The molecule has 0 N–H and O–H groups in total. The molecule has 0 spiro atoms. The van der Waals surface area contributed by atoms with E-state index in [2.05, 4.69) is 7.44 Å². The Balaban J connectivity index is -0.000000000179. The molecule has 0 aromatic rings. The summed E-state index contributed by atoms with van der Waals surface area (Å²) in [5.41, 5.74) is 0. The molecule has 0 aliphatic heterocycles. The maximum absolute atomic E-state index is 4.64. The zero-order chi connectivity index (χ0) is 2.00. The quantitative estimate of drug-likeness (QED) is 0.292. The minimum Gasteiger partial charge on any atom is -1.00 e. The van der Waals surface area contributed by atoms with Crippen LogP contribution < -0.4 is 29.6 Å². The van der Waals surface area contributed by atoms with Crippen LogP contribution >= 0.6 is 0 Å². The van der Waals surface area contributed by atoms with Gasteiger partial charge in [0.15, 0.2) is 0 Å². The first kappa shape index (κ1) is 23.9. The minimum atomic E-state index is 0. The molecule has 0 bridgehead atoms. The first-order chi connectivity index (χ1) is 1.00. The van der Waals surface area contributed by atoms with Crippen molar-refractivity contribution < 1.29 is 36.7 Å². The molecule has 0 aliphatic carbocycles. The fourth-order valence-electron chi connectivity index (χ4n) is 0. The van der Waals surface area contributed by atoms with Crippen molar-refractivity contribution in [2.45, 2.75) is 0 Å². The van der Waals surface area contributed by atoms with Gasteiger partial charge in [0.2, 0.25) is 0 Å². The zero-order valence-electron chi connectivity index (χ0n) is 8.99. The Hall–Kier alpha value is 3.31. The summed E-state index contributed by atoms with van der Waals surface area (Å²) in [6.45, 7) is 0. The molecule has 0 rings (SSSR count). The molecule has 0 aromatic heterocycles. The largest absolute Gasteiger partial charge is 2.00 e. The van der Waals surface area contributed by atoms with Crippen LogP contribution in [-0.2, 0) is 0 Å². The van der Waals surface area contributed by atoms with Gasteiger partial charge in [0.1, 0.15) is 0 Å². The van der Waals surface area contributed by atoms with Crippen LogP contribution in [0.4, 0.5) is 0 Å². The van der Waals surface area contributed by atoms with Gasteiger partial charge < -0.3 is 7.13 Å². The Morgan fingerprint density at radius 2 is 1.40 bits per heavy atom. The monoisotopic (exact) mass is 134 g/mol. The smallest absolute Gasteiger partial charge is 1.00 e. The predicted octanol–water partition coefficient (Wildman–Crippen LogP) is -4.76. The number of hydrogen-bond acceptors (Lipinski definition) is 0. The van der Waals surface area contributed by atoms with E-state index < -0.39 is 0 Å². The van der Waals surface area contributed by atoms with Crippen LogP contribution in [0, 0.1) is 0 Å². The summed E-state index contributed by atoms with van der Waals surface area (Å²) in [4.78, 5) is 0. The molecule has 0 amide bonds. The minimum absolute atomic E-state index is 0. The molecule has 0 aromatic carbocycles. The molecule has 20 valence electrons. The van der Waals surface area contributed by atoms with Gasteiger partial charge in [0, 0.05) is 7.44 Å². The Bertz CT molecular complexity index is 21.6. The second-order valence-corrected chi connectivity index (χ2v) is 0. The fraction of sp³-hybridized carbons (Fsp3) is 0. The van der Waals surface area contributed by atoms with Gasteiger partial charge in [0.05, 0.1) is 0 Å². The molecule has 0 saturated heterocycles. The van der Waals surface area contributed by atoms with Crippen molar-refractivity contribution in [2.75, 3.05) is 0 Å². The van der Waals surface area contributed by atoms with Gasteiger partial charge in [-0.3, -0.25) is 0 Å². The SMILES string of the molecule is [B][SiH3].[Ca+2].[H-].[H-].[H-].[H-].[H-].[Mg+2].[Na+]. The van der Waals surface area contributed by atoms with Gasteiger partial charge in [-0.25, -0.2) is 0 Å². The van der Waals surface area contributed by atoms with Crippen molar-refractivity contribution >= 4 is 78.3 Å². The van der Waals surface area contributed by atoms with Gasteiger partial charge >= 0.3 is 90.3 Å². The average molecular weight is 134 g/mol. The van der Waals surface area contributed by atoms with E-state index in [4.69, 9.17) is 0 Å². The van der Waals surface area contributed by atoms with Crippen LogP contribution in [0.25, 0.3) is 0 Å². The second kappa shape index (κ2) is 26.6. The standard InChI is InChI=1S/BH3Si.Ca.Mg.Na.5H/c1-2;;;;;;;;/h2H3;;;;;;;;/q;2*+2;+1;5*-1. The van der Waals surface area contributed by atoms with E-state index in [1.54, 1.807) is 0 Å². The van der Waals surface area contributed by atoms with Crippen LogP contribution in [0.1, 0.15) is 7.13 Å². The van der Waals surface area contributed by atoms with E-state index in [1.165, 1.54) is 0 Å². The summed E-state index contributed by atoms with van der Waals surface area (Å²) < 4.78 is 0.